The summed E-state index contributed by atoms with van der Waals surface area (Å²) in [5, 5.41) is 25.4. The Morgan fingerprint density at radius 3 is 2.25 bits per heavy atom. The fourth-order valence-electron chi connectivity index (χ4n) is 0.165. The molecular weight excluding hydrogens is 112 g/mol. The van der Waals surface area contributed by atoms with Crippen molar-refractivity contribution in [1.82, 2.24) is 0 Å². The monoisotopic (exact) mass is 117 g/mol. The summed E-state index contributed by atoms with van der Waals surface area (Å²) in [6, 6.07) is 0. The van der Waals surface area contributed by atoms with Crippen LogP contribution in [0.25, 0.3) is 0 Å². The molecule has 0 rings (SSSR count). The molecule has 2 N–H and O–H groups in total. The maximum Gasteiger partial charge on any atom is 0.171 e. The fraction of sp³-hybridized carbons (Fsp3) is 0.250. The number of aliphatic hydroxyl groups is 2. The number of rotatable bonds is 2. The number of hydrogen-bond donors (Lipinski definition) is 2. The average Bonchev–Trinajstić information content (AvgIpc) is 1.61. The second-order valence-corrected chi connectivity index (χ2v) is 1.09. The van der Waals surface area contributed by atoms with Crippen LogP contribution in [0.4, 0.5) is 0 Å². The van der Waals surface area contributed by atoms with Gasteiger partial charge in [-0.15, -0.1) is 0 Å². The molecule has 46 valence electrons. The van der Waals surface area contributed by atoms with Crippen LogP contribution in [0.1, 0.15) is 0 Å². The van der Waals surface area contributed by atoms with E-state index < -0.39 is 12.3 Å². The van der Waals surface area contributed by atoms with Gasteiger partial charge in [-0.05, 0) is 12.2 Å². The number of carboxylic acid groups (broad SMARTS) is 1. The molecule has 0 saturated carbocycles. The van der Waals surface area contributed by atoms with Gasteiger partial charge < -0.3 is 20.1 Å². The summed E-state index contributed by atoms with van der Waals surface area (Å²) >= 11 is 0. The summed E-state index contributed by atoms with van der Waals surface area (Å²) in [6.45, 7) is 0. The Labute approximate surface area is 45.7 Å². The Kier molecular flexibility index (Phi) is 2.83. The summed E-state index contributed by atoms with van der Waals surface area (Å²) in [4.78, 5) is 9.48. The highest BCUT2D eigenvalue weighted by molar-refractivity contribution is 5.77. The quantitative estimate of drug-likeness (QED) is 0.312. The zero-order valence-corrected chi connectivity index (χ0v) is 3.94. The van der Waals surface area contributed by atoms with E-state index in [0.717, 1.165) is 0 Å². The van der Waals surface area contributed by atoms with Crippen molar-refractivity contribution in [2.75, 3.05) is 0 Å². The van der Waals surface area contributed by atoms with Gasteiger partial charge in [0.25, 0.3) is 0 Å². The van der Waals surface area contributed by atoms with Gasteiger partial charge in [-0.2, -0.15) is 0 Å². The number of carboxylic acids is 1. The summed E-state index contributed by atoms with van der Waals surface area (Å²) in [5.74, 6) is -1.45. The van der Waals surface area contributed by atoms with E-state index in [4.69, 9.17) is 10.2 Å². The molecule has 0 radical (unpaired) electrons. The fourth-order valence-corrected chi connectivity index (χ4v) is 0.165. The molecule has 0 spiro atoms. The van der Waals surface area contributed by atoms with Gasteiger partial charge in [0.15, 0.2) is 6.29 Å². The Morgan fingerprint density at radius 2 is 2.12 bits per heavy atom. The molecular formula is C4H5O4-. The molecule has 0 atom stereocenters. The highest BCUT2D eigenvalue weighted by Crippen LogP contribution is 1.75. The van der Waals surface area contributed by atoms with E-state index in [2.05, 4.69) is 0 Å². The first kappa shape index (κ1) is 7.13. The average molecular weight is 117 g/mol. The van der Waals surface area contributed by atoms with E-state index >= 15 is 0 Å². The third-order valence-electron chi connectivity index (χ3n) is 0.404. The molecule has 0 saturated heterocycles. The van der Waals surface area contributed by atoms with Crippen LogP contribution in [0.15, 0.2) is 12.2 Å². The summed E-state index contributed by atoms with van der Waals surface area (Å²) < 4.78 is 0. The Morgan fingerprint density at radius 1 is 1.62 bits per heavy atom. The van der Waals surface area contributed by atoms with Crippen molar-refractivity contribution in [3.05, 3.63) is 12.2 Å². The molecule has 0 unspecified atom stereocenters. The lowest BCUT2D eigenvalue weighted by Gasteiger charge is -1.92. The normalized spacial score (nSPS) is 10.9. The Bertz CT molecular complexity index is 105. The van der Waals surface area contributed by atoms with Gasteiger partial charge in [0.2, 0.25) is 0 Å². The standard InChI is InChI=1S/C4H6O4/c5-3(6)1-2-4(7)8/h1-3,5-6H,(H,7,8)/p-1/b2-1+. The molecule has 0 amide bonds. The summed E-state index contributed by atoms with van der Waals surface area (Å²) in [6.07, 6.45) is -0.479. The minimum absolute atomic E-state index is 0.546. The molecule has 0 aliphatic heterocycles. The third-order valence-corrected chi connectivity index (χ3v) is 0.404. The number of carbonyl (C=O) groups is 1. The number of aliphatic carboxylic acids is 1. The van der Waals surface area contributed by atoms with Crippen molar-refractivity contribution in [2.45, 2.75) is 6.29 Å². The van der Waals surface area contributed by atoms with E-state index in [1.165, 1.54) is 0 Å². The molecule has 0 aromatic carbocycles. The van der Waals surface area contributed by atoms with Crippen molar-refractivity contribution in [3.8, 4) is 0 Å². The van der Waals surface area contributed by atoms with Crippen LogP contribution < -0.4 is 5.11 Å². The zero-order chi connectivity index (χ0) is 6.57. The number of hydrogen-bond acceptors (Lipinski definition) is 4. The zero-order valence-electron chi connectivity index (χ0n) is 3.94. The van der Waals surface area contributed by atoms with Gasteiger partial charge in [0, 0.05) is 0 Å². The van der Waals surface area contributed by atoms with Gasteiger partial charge in [-0.25, -0.2) is 0 Å². The molecule has 0 aromatic rings. The van der Waals surface area contributed by atoms with Crippen LogP contribution in [0.3, 0.4) is 0 Å². The second kappa shape index (κ2) is 3.17. The van der Waals surface area contributed by atoms with Gasteiger partial charge in [-0.3, -0.25) is 0 Å². The Hall–Kier alpha value is -0.870. The number of aliphatic hydroxyl groups excluding tert-OH is 1. The van der Waals surface area contributed by atoms with Gasteiger partial charge in [0.05, 0.1) is 5.97 Å². The van der Waals surface area contributed by atoms with Crippen LogP contribution in [0.5, 0.6) is 0 Å². The topological polar surface area (TPSA) is 80.6 Å². The maximum absolute atomic E-state index is 9.48. The Balaban J connectivity index is 3.50. The highest BCUT2D eigenvalue weighted by atomic mass is 16.5. The third kappa shape index (κ3) is 5.13. The second-order valence-electron chi connectivity index (χ2n) is 1.09. The molecule has 0 aliphatic carbocycles. The van der Waals surface area contributed by atoms with Gasteiger partial charge >= 0.3 is 0 Å². The first-order chi connectivity index (χ1) is 3.63. The molecule has 0 bridgehead atoms. The van der Waals surface area contributed by atoms with Crippen molar-refractivity contribution < 1.29 is 20.1 Å². The molecule has 8 heavy (non-hydrogen) atoms. The molecule has 0 aliphatic rings. The van der Waals surface area contributed by atoms with Crippen molar-refractivity contribution >= 4 is 5.97 Å². The van der Waals surface area contributed by atoms with E-state index in [1.54, 1.807) is 0 Å². The first-order valence-corrected chi connectivity index (χ1v) is 1.88. The van der Waals surface area contributed by atoms with Crippen LogP contribution in [0, 0.1) is 0 Å². The molecule has 4 heteroatoms. The van der Waals surface area contributed by atoms with Gasteiger partial charge in [0.1, 0.15) is 0 Å². The van der Waals surface area contributed by atoms with E-state index in [0.29, 0.717) is 12.2 Å². The van der Waals surface area contributed by atoms with Crippen LogP contribution in [-0.4, -0.2) is 22.5 Å². The largest absolute Gasteiger partial charge is 0.545 e. The van der Waals surface area contributed by atoms with Crippen molar-refractivity contribution in [2.24, 2.45) is 0 Å². The maximum atomic E-state index is 9.48. The van der Waals surface area contributed by atoms with Crippen LogP contribution >= 0.6 is 0 Å². The van der Waals surface area contributed by atoms with Crippen molar-refractivity contribution in [1.29, 1.82) is 0 Å². The predicted molar refractivity (Wildman–Crippen MR) is 22.4 cm³/mol. The lowest BCUT2D eigenvalue weighted by Crippen LogP contribution is -2.19. The van der Waals surface area contributed by atoms with Gasteiger partial charge in [-0.1, -0.05) is 0 Å². The van der Waals surface area contributed by atoms with E-state index in [-0.39, 0.29) is 0 Å². The minimum atomic E-state index is -1.71. The lowest BCUT2D eigenvalue weighted by atomic mass is 10.5. The van der Waals surface area contributed by atoms with Crippen LogP contribution in [-0.2, 0) is 4.79 Å². The lowest BCUT2D eigenvalue weighted by molar-refractivity contribution is -0.297. The highest BCUT2D eigenvalue weighted by Gasteiger charge is 1.83. The first-order valence-electron chi connectivity index (χ1n) is 1.88. The predicted octanol–water partition coefficient (Wildman–Crippen LogP) is -2.40. The number of carbonyl (C=O) groups excluding carboxylic acids is 1. The van der Waals surface area contributed by atoms with Crippen LogP contribution in [0.2, 0.25) is 0 Å². The minimum Gasteiger partial charge on any atom is -0.545 e. The van der Waals surface area contributed by atoms with E-state index in [1.807, 2.05) is 0 Å². The molecule has 0 heterocycles. The molecule has 4 nitrogen and oxygen atoms in total. The molecule has 0 fully saturated rings. The summed E-state index contributed by atoms with van der Waals surface area (Å²) in [7, 11) is 0. The van der Waals surface area contributed by atoms with E-state index in [9.17, 15) is 9.90 Å². The van der Waals surface area contributed by atoms with Crippen molar-refractivity contribution in [3.63, 3.8) is 0 Å². The SMILES string of the molecule is O=C([O-])/C=C/C(O)O. The molecule has 0 aromatic heterocycles. The smallest absolute Gasteiger partial charge is 0.171 e. The summed E-state index contributed by atoms with van der Waals surface area (Å²) in [5.41, 5.74) is 0.